The topological polar surface area (TPSA) is 96.9 Å². The average molecular weight is 418 g/mol. The number of rotatable bonds is 6. The molecule has 0 unspecified atom stereocenters. The Hall–Kier alpha value is -4.00. The first-order valence-electron chi connectivity index (χ1n) is 9.92. The summed E-state index contributed by atoms with van der Waals surface area (Å²) in [5, 5.41) is 15.4. The molecule has 7 heteroatoms. The van der Waals surface area contributed by atoms with Crippen LogP contribution in [0.5, 0.6) is 17.2 Å². The second-order valence-corrected chi connectivity index (χ2v) is 7.10. The van der Waals surface area contributed by atoms with Gasteiger partial charge in [0.25, 0.3) is 5.91 Å². The third-order valence-corrected chi connectivity index (χ3v) is 4.82. The summed E-state index contributed by atoms with van der Waals surface area (Å²) < 4.78 is 11.0. The molecule has 4 rings (SSSR count). The Bertz CT molecular complexity index is 1100. The molecule has 0 fully saturated rings. The zero-order chi connectivity index (χ0) is 21.6. The lowest BCUT2D eigenvalue weighted by Crippen LogP contribution is -2.24. The molecule has 0 radical (unpaired) electrons. The molecule has 1 aliphatic rings. The maximum Gasteiger partial charge on any atom is 0.259 e. The minimum Gasteiger partial charge on any atom is -0.507 e. The number of carbonyl (C=O) groups is 2. The second kappa shape index (κ2) is 9.21. The number of phenolic OH excluding ortho intramolecular Hbond substituents is 1. The highest BCUT2D eigenvalue weighted by Crippen LogP contribution is 2.30. The van der Waals surface area contributed by atoms with E-state index in [1.54, 1.807) is 30.3 Å². The Morgan fingerprint density at radius 3 is 2.35 bits per heavy atom. The van der Waals surface area contributed by atoms with E-state index >= 15 is 0 Å². The van der Waals surface area contributed by atoms with E-state index < -0.39 is 5.91 Å². The smallest absolute Gasteiger partial charge is 0.259 e. The number of amides is 2. The van der Waals surface area contributed by atoms with Gasteiger partial charge in [0, 0.05) is 12.2 Å². The monoisotopic (exact) mass is 418 g/mol. The zero-order valence-electron chi connectivity index (χ0n) is 16.8. The summed E-state index contributed by atoms with van der Waals surface area (Å²) in [6.45, 7) is 1.41. The summed E-state index contributed by atoms with van der Waals surface area (Å²) in [6.07, 6.45) is 0.241. The Kier molecular flexibility index (Phi) is 6.03. The number of hydrogen-bond acceptors (Lipinski definition) is 5. The highest BCUT2D eigenvalue weighted by atomic mass is 16.6. The van der Waals surface area contributed by atoms with E-state index in [2.05, 4.69) is 10.6 Å². The van der Waals surface area contributed by atoms with Crippen molar-refractivity contribution in [3.05, 3.63) is 83.4 Å². The van der Waals surface area contributed by atoms with E-state index in [-0.39, 0.29) is 23.6 Å². The largest absolute Gasteiger partial charge is 0.507 e. The normalized spacial score (nSPS) is 12.1. The second-order valence-electron chi connectivity index (χ2n) is 7.10. The van der Waals surface area contributed by atoms with Gasteiger partial charge in [-0.15, -0.1) is 0 Å². The number of aromatic hydroxyl groups is 1. The van der Waals surface area contributed by atoms with Crippen LogP contribution in [0, 0.1) is 0 Å². The molecule has 158 valence electrons. The maximum atomic E-state index is 12.3. The molecule has 0 spiro atoms. The molecule has 0 saturated carbocycles. The van der Waals surface area contributed by atoms with Gasteiger partial charge in [0.1, 0.15) is 19.0 Å². The number of phenols is 1. The predicted molar refractivity (Wildman–Crippen MR) is 115 cm³/mol. The number of para-hydroxylation sites is 1. The van der Waals surface area contributed by atoms with Crippen molar-refractivity contribution in [3.63, 3.8) is 0 Å². The fourth-order valence-corrected chi connectivity index (χ4v) is 3.22. The van der Waals surface area contributed by atoms with Crippen LogP contribution in [-0.4, -0.2) is 30.1 Å². The SMILES string of the molecule is O=C(Cc1ccc2c(c1)OCCO2)NCc1ccc(NC(=O)c2ccccc2O)cc1. The number of ether oxygens (including phenoxy) is 2. The molecule has 7 nitrogen and oxygen atoms in total. The molecule has 0 atom stereocenters. The van der Waals surface area contributed by atoms with Crippen molar-refractivity contribution in [2.24, 2.45) is 0 Å². The molecule has 3 N–H and O–H groups in total. The number of anilines is 1. The number of fused-ring (bicyclic) bond motifs is 1. The molecule has 31 heavy (non-hydrogen) atoms. The predicted octanol–water partition coefficient (Wildman–Crippen LogP) is 3.27. The van der Waals surface area contributed by atoms with Crippen LogP contribution in [0.25, 0.3) is 0 Å². The number of benzene rings is 3. The van der Waals surface area contributed by atoms with Gasteiger partial charge in [-0.3, -0.25) is 9.59 Å². The zero-order valence-corrected chi connectivity index (χ0v) is 16.8. The molecule has 0 aromatic heterocycles. The van der Waals surface area contributed by atoms with Crippen molar-refractivity contribution >= 4 is 17.5 Å². The lowest BCUT2D eigenvalue weighted by atomic mass is 10.1. The molecule has 0 bridgehead atoms. The van der Waals surface area contributed by atoms with Crippen molar-refractivity contribution in [2.75, 3.05) is 18.5 Å². The quantitative estimate of drug-likeness (QED) is 0.571. The first-order chi connectivity index (χ1) is 15.1. The molecule has 0 saturated heterocycles. The summed E-state index contributed by atoms with van der Waals surface area (Å²) >= 11 is 0. The highest BCUT2D eigenvalue weighted by Gasteiger charge is 2.13. The summed E-state index contributed by atoms with van der Waals surface area (Å²) in [7, 11) is 0. The fraction of sp³-hybridized carbons (Fsp3) is 0.167. The number of nitrogens with one attached hydrogen (secondary N) is 2. The van der Waals surface area contributed by atoms with Gasteiger partial charge in [-0.1, -0.05) is 30.3 Å². The van der Waals surface area contributed by atoms with E-state index in [1.807, 2.05) is 30.3 Å². The van der Waals surface area contributed by atoms with Gasteiger partial charge in [0.2, 0.25) is 5.91 Å². The van der Waals surface area contributed by atoms with Crippen molar-refractivity contribution in [1.29, 1.82) is 0 Å². The van der Waals surface area contributed by atoms with Crippen LogP contribution >= 0.6 is 0 Å². The number of hydrogen-bond donors (Lipinski definition) is 3. The van der Waals surface area contributed by atoms with E-state index in [4.69, 9.17) is 9.47 Å². The Morgan fingerprint density at radius 1 is 0.871 bits per heavy atom. The van der Waals surface area contributed by atoms with Crippen LogP contribution in [0.1, 0.15) is 21.5 Å². The lowest BCUT2D eigenvalue weighted by molar-refractivity contribution is -0.120. The van der Waals surface area contributed by atoms with Crippen LogP contribution in [0.3, 0.4) is 0 Å². The molecule has 3 aromatic rings. The summed E-state index contributed by atoms with van der Waals surface area (Å²) in [4.78, 5) is 24.5. The summed E-state index contributed by atoms with van der Waals surface area (Å²) in [5.41, 5.74) is 2.55. The third kappa shape index (κ3) is 5.14. The van der Waals surface area contributed by atoms with Crippen molar-refractivity contribution in [3.8, 4) is 17.2 Å². The average Bonchev–Trinajstić information content (AvgIpc) is 2.79. The Balaban J connectivity index is 1.28. The molecule has 3 aromatic carbocycles. The van der Waals surface area contributed by atoms with Gasteiger partial charge >= 0.3 is 0 Å². The molecule has 1 aliphatic heterocycles. The summed E-state index contributed by atoms with van der Waals surface area (Å²) in [6, 6.07) is 19.0. The highest BCUT2D eigenvalue weighted by molar-refractivity contribution is 6.06. The maximum absolute atomic E-state index is 12.3. The van der Waals surface area contributed by atoms with E-state index in [9.17, 15) is 14.7 Å². The standard InChI is InChI=1S/C24H22N2O5/c27-20-4-2-1-3-19(20)24(29)26-18-8-5-16(6-9-18)15-25-23(28)14-17-7-10-21-22(13-17)31-12-11-30-21/h1-10,13,27H,11-12,14-15H2,(H,25,28)(H,26,29). The molecule has 2 amide bonds. The third-order valence-electron chi connectivity index (χ3n) is 4.82. The van der Waals surface area contributed by atoms with Crippen molar-refractivity contribution in [1.82, 2.24) is 5.32 Å². The van der Waals surface area contributed by atoms with E-state index in [0.717, 1.165) is 11.1 Å². The Labute approximate surface area is 179 Å². The fourth-order valence-electron chi connectivity index (χ4n) is 3.22. The molecular formula is C24H22N2O5. The number of carbonyl (C=O) groups excluding carboxylic acids is 2. The molecule has 0 aliphatic carbocycles. The minimum absolute atomic E-state index is 0.0719. The van der Waals surface area contributed by atoms with E-state index in [0.29, 0.717) is 36.9 Å². The first-order valence-corrected chi connectivity index (χ1v) is 9.92. The van der Waals surface area contributed by atoms with Gasteiger partial charge in [0.05, 0.1) is 12.0 Å². The van der Waals surface area contributed by atoms with Crippen LogP contribution < -0.4 is 20.1 Å². The first kappa shape index (κ1) is 20.3. The molecular weight excluding hydrogens is 396 g/mol. The van der Waals surface area contributed by atoms with Gasteiger partial charge in [0.15, 0.2) is 11.5 Å². The van der Waals surface area contributed by atoms with Crippen LogP contribution in [0.15, 0.2) is 66.7 Å². The van der Waals surface area contributed by atoms with Crippen molar-refractivity contribution in [2.45, 2.75) is 13.0 Å². The lowest BCUT2D eigenvalue weighted by Gasteiger charge is -2.18. The Morgan fingerprint density at radius 2 is 1.58 bits per heavy atom. The summed E-state index contributed by atoms with van der Waals surface area (Å²) in [5.74, 6) is 0.799. The van der Waals surface area contributed by atoms with Gasteiger partial charge in [-0.2, -0.15) is 0 Å². The van der Waals surface area contributed by atoms with E-state index in [1.165, 1.54) is 6.07 Å². The van der Waals surface area contributed by atoms with Gasteiger partial charge < -0.3 is 25.2 Å². The van der Waals surface area contributed by atoms with Crippen LogP contribution in [0.2, 0.25) is 0 Å². The molecule has 1 heterocycles. The van der Waals surface area contributed by atoms with Gasteiger partial charge in [-0.05, 0) is 47.5 Å². The van der Waals surface area contributed by atoms with Gasteiger partial charge in [-0.25, -0.2) is 0 Å². The van der Waals surface area contributed by atoms with Crippen LogP contribution in [-0.2, 0) is 17.8 Å². The minimum atomic E-state index is -0.390. The van der Waals surface area contributed by atoms with Crippen LogP contribution in [0.4, 0.5) is 5.69 Å². The van der Waals surface area contributed by atoms with Crippen molar-refractivity contribution < 1.29 is 24.2 Å².